The lowest BCUT2D eigenvalue weighted by atomic mass is 10.1. The van der Waals surface area contributed by atoms with Crippen LogP contribution in [0.4, 0.5) is 5.69 Å². The minimum absolute atomic E-state index is 0.608. The van der Waals surface area contributed by atoms with Gasteiger partial charge in [0.1, 0.15) is 0 Å². The highest BCUT2D eigenvalue weighted by molar-refractivity contribution is 6.30. The van der Waals surface area contributed by atoms with Crippen LogP contribution in [0, 0.1) is 5.92 Å². The highest BCUT2D eigenvalue weighted by Crippen LogP contribution is 2.14. The summed E-state index contributed by atoms with van der Waals surface area (Å²) in [6, 6.07) is 8.45. The molecule has 1 rings (SSSR count). The van der Waals surface area contributed by atoms with Crippen LogP contribution in [0.2, 0.25) is 5.02 Å². The van der Waals surface area contributed by atoms with E-state index in [9.17, 15) is 0 Å². The lowest BCUT2D eigenvalue weighted by molar-refractivity contribution is 0.215. The second kappa shape index (κ2) is 6.87. The molecule has 0 radical (unpaired) electrons. The summed E-state index contributed by atoms with van der Waals surface area (Å²) < 4.78 is 0. The van der Waals surface area contributed by atoms with Gasteiger partial charge in [-0.05, 0) is 38.1 Å². The van der Waals surface area contributed by atoms with Gasteiger partial charge in [0, 0.05) is 29.8 Å². The zero-order valence-electron chi connectivity index (χ0n) is 11.2. The Morgan fingerprint density at radius 3 is 2.59 bits per heavy atom. The van der Waals surface area contributed by atoms with Gasteiger partial charge in [0.05, 0.1) is 0 Å². The number of hydrogen-bond acceptors (Lipinski definition) is 2. The van der Waals surface area contributed by atoms with Gasteiger partial charge in [-0.3, -0.25) is 0 Å². The Kier molecular flexibility index (Phi) is 5.79. The number of likely N-dealkylation sites (N-methyl/N-ethyl adjacent to an activating group) is 1. The van der Waals surface area contributed by atoms with Crippen molar-refractivity contribution in [2.24, 2.45) is 5.92 Å². The number of benzene rings is 1. The first-order valence-corrected chi connectivity index (χ1v) is 6.58. The Morgan fingerprint density at radius 2 is 2.00 bits per heavy atom. The van der Waals surface area contributed by atoms with Gasteiger partial charge in [-0.15, -0.1) is 0 Å². The molecule has 0 saturated heterocycles. The Bertz CT molecular complexity index is 339. The molecule has 17 heavy (non-hydrogen) atoms. The molecule has 1 aromatic carbocycles. The molecule has 1 atom stereocenters. The molecule has 0 aliphatic rings. The van der Waals surface area contributed by atoms with E-state index in [1.165, 1.54) is 0 Å². The van der Waals surface area contributed by atoms with E-state index in [0.29, 0.717) is 12.0 Å². The third-order valence-corrected chi connectivity index (χ3v) is 3.51. The Labute approximate surface area is 110 Å². The van der Waals surface area contributed by atoms with Gasteiger partial charge in [0.15, 0.2) is 0 Å². The summed E-state index contributed by atoms with van der Waals surface area (Å²) in [5, 5.41) is 4.16. The minimum atomic E-state index is 0.608. The van der Waals surface area contributed by atoms with Crippen molar-refractivity contribution >= 4 is 17.3 Å². The summed E-state index contributed by atoms with van der Waals surface area (Å²) in [6.45, 7) is 8.75. The molecule has 3 heteroatoms. The first kappa shape index (κ1) is 14.3. The number of nitrogens with zero attached hydrogens (tertiary/aromatic N) is 1. The fraction of sp³-hybridized carbons (Fsp3) is 0.571. The summed E-state index contributed by atoms with van der Waals surface area (Å²) in [4.78, 5) is 2.38. The molecule has 0 spiro atoms. The van der Waals surface area contributed by atoms with Crippen LogP contribution in [-0.2, 0) is 0 Å². The Hall–Kier alpha value is -0.730. The number of anilines is 1. The van der Waals surface area contributed by atoms with Crippen molar-refractivity contribution in [3.8, 4) is 0 Å². The van der Waals surface area contributed by atoms with Crippen molar-refractivity contribution in [3.63, 3.8) is 0 Å². The first-order valence-electron chi connectivity index (χ1n) is 6.20. The molecular weight excluding hydrogens is 232 g/mol. The zero-order chi connectivity index (χ0) is 12.8. The fourth-order valence-electron chi connectivity index (χ4n) is 1.69. The third-order valence-electron chi connectivity index (χ3n) is 3.28. The molecule has 0 aliphatic carbocycles. The van der Waals surface area contributed by atoms with Crippen LogP contribution in [0.1, 0.15) is 20.8 Å². The van der Waals surface area contributed by atoms with Gasteiger partial charge in [0.25, 0.3) is 0 Å². The van der Waals surface area contributed by atoms with Crippen molar-refractivity contribution in [3.05, 3.63) is 29.3 Å². The van der Waals surface area contributed by atoms with E-state index in [0.717, 1.165) is 23.8 Å². The average Bonchev–Trinajstić information content (AvgIpc) is 2.27. The molecule has 0 aromatic heterocycles. The summed E-state index contributed by atoms with van der Waals surface area (Å²) in [5.74, 6) is 0.686. The van der Waals surface area contributed by atoms with Crippen LogP contribution in [0.15, 0.2) is 24.3 Å². The normalized spacial score (nSPS) is 13.1. The molecule has 96 valence electrons. The largest absolute Gasteiger partial charge is 0.384 e. The van der Waals surface area contributed by atoms with Crippen molar-refractivity contribution < 1.29 is 0 Å². The highest BCUT2D eigenvalue weighted by atomic mass is 35.5. The molecule has 0 fully saturated rings. The molecule has 0 amide bonds. The number of nitrogens with one attached hydrogen (secondary N) is 1. The lowest BCUT2D eigenvalue weighted by Crippen LogP contribution is -2.36. The molecule has 0 saturated carbocycles. The SMILES string of the molecule is CC(C)C(C)N(C)CCNc1cccc(Cl)c1. The van der Waals surface area contributed by atoms with Gasteiger partial charge in [0.2, 0.25) is 0 Å². The lowest BCUT2D eigenvalue weighted by Gasteiger charge is -2.27. The maximum Gasteiger partial charge on any atom is 0.0426 e. The number of halogens is 1. The van der Waals surface area contributed by atoms with E-state index in [-0.39, 0.29) is 0 Å². The van der Waals surface area contributed by atoms with Crippen molar-refractivity contribution in [2.75, 3.05) is 25.5 Å². The van der Waals surface area contributed by atoms with E-state index in [4.69, 9.17) is 11.6 Å². The Morgan fingerprint density at radius 1 is 1.29 bits per heavy atom. The third kappa shape index (κ3) is 4.97. The van der Waals surface area contributed by atoms with Gasteiger partial charge in [-0.1, -0.05) is 31.5 Å². The second-order valence-corrected chi connectivity index (χ2v) is 5.34. The average molecular weight is 255 g/mol. The molecule has 1 N–H and O–H groups in total. The number of hydrogen-bond donors (Lipinski definition) is 1. The van der Waals surface area contributed by atoms with Crippen LogP contribution in [-0.4, -0.2) is 31.1 Å². The van der Waals surface area contributed by atoms with E-state index in [2.05, 4.69) is 38.0 Å². The smallest absolute Gasteiger partial charge is 0.0426 e. The standard InChI is InChI=1S/C14H23ClN2/c1-11(2)12(3)17(4)9-8-16-14-7-5-6-13(15)10-14/h5-7,10-12,16H,8-9H2,1-4H3. The predicted molar refractivity (Wildman–Crippen MR) is 76.9 cm³/mol. The van der Waals surface area contributed by atoms with Crippen LogP contribution < -0.4 is 5.32 Å². The monoisotopic (exact) mass is 254 g/mol. The van der Waals surface area contributed by atoms with Crippen LogP contribution in [0.3, 0.4) is 0 Å². The van der Waals surface area contributed by atoms with E-state index < -0.39 is 0 Å². The summed E-state index contributed by atoms with van der Waals surface area (Å²) >= 11 is 5.93. The van der Waals surface area contributed by atoms with Crippen molar-refractivity contribution in [1.29, 1.82) is 0 Å². The molecule has 1 unspecified atom stereocenters. The first-order chi connectivity index (χ1) is 8.00. The van der Waals surface area contributed by atoms with Gasteiger partial charge in [-0.2, -0.15) is 0 Å². The van der Waals surface area contributed by atoms with E-state index in [1.807, 2.05) is 24.3 Å². The maximum atomic E-state index is 5.93. The molecule has 2 nitrogen and oxygen atoms in total. The van der Waals surface area contributed by atoms with Gasteiger partial charge < -0.3 is 10.2 Å². The van der Waals surface area contributed by atoms with Gasteiger partial charge >= 0.3 is 0 Å². The molecular formula is C14H23ClN2. The topological polar surface area (TPSA) is 15.3 Å². The fourth-order valence-corrected chi connectivity index (χ4v) is 1.88. The van der Waals surface area contributed by atoms with Crippen LogP contribution >= 0.6 is 11.6 Å². The zero-order valence-corrected chi connectivity index (χ0v) is 12.0. The summed E-state index contributed by atoms with van der Waals surface area (Å²) in [5.41, 5.74) is 1.09. The quantitative estimate of drug-likeness (QED) is 0.832. The van der Waals surface area contributed by atoms with Gasteiger partial charge in [-0.25, -0.2) is 0 Å². The minimum Gasteiger partial charge on any atom is -0.384 e. The Balaban J connectivity index is 2.33. The van der Waals surface area contributed by atoms with Crippen molar-refractivity contribution in [2.45, 2.75) is 26.8 Å². The predicted octanol–water partition coefficient (Wildman–Crippen LogP) is 3.73. The van der Waals surface area contributed by atoms with Crippen LogP contribution in [0.5, 0.6) is 0 Å². The molecule has 0 aliphatic heterocycles. The summed E-state index contributed by atoms with van der Waals surface area (Å²) in [6.07, 6.45) is 0. The molecule has 0 heterocycles. The van der Waals surface area contributed by atoms with Crippen molar-refractivity contribution in [1.82, 2.24) is 4.90 Å². The van der Waals surface area contributed by atoms with E-state index in [1.54, 1.807) is 0 Å². The highest BCUT2D eigenvalue weighted by Gasteiger charge is 2.11. The number of rotatable bonds is 6. The second-order valence-electron chi connectivity index (χ2n) is 4.90. The van der Waals surface area contributed by atoms with E-state index >= 15 is 0 Å². The molecule has 0 bridgehead atoms. The maximum absolute atomic E-state index is 5.93. The van der Waals surface area contributed by atoms with Crippen LogP contribution in [0.25, 0.3) is 0 Å². The molecule has 1 aromatic rings. The summed E-state index contributed by atoms with van der Waals surface area (Å²) in [7, 11) is 2.17.